The molecule has 0 aliphatic carbocycles. The van der Waals surface area contributed by atoms with E-state index in [2.05, 4.69) is 4.72 Å². The minimum absolute atomic E-state index is 0.0253. The van der Waals surface area contributed by atoms with Gasteiger partial charge in [-0.3, -0.25) is 4.21 Å². The molecule has 0 amide bonds. The second-order valence-corrected chi connectivity index (χ2v) is 10.1. The summed E-state index contributed by atoms with van der Waals surface area (Å²) in [5.41, 5.74) is 0.527. The quantitative estimate of drug-likeness (QED) is 0.577. The summed E-state index contributed by atoms with van der Waals surface area (Å²) in [6.07, 6.45) is 0. The third-order valence-corrected chi connectivity index (χ3v) is 6.80. The van der Waals surface area contributed by atoms with Gasteiger partial charge >= 0.3 is 0 Å². The van der Waals surface area contributed by atoms with Gasteiger partial charge < -0.3 is 18.9 Å². The predicted octanol–water partition coefficient (Wildman–Crippen LogP) is 1.70. The lowest BCUT2D eigenvalue weighted by atomic mass is 10.2. The summed E-state index contributed by atoms with van der Waals surface area (Å²) in [6, 6.07) is 6.88. The van der Waals surface area contributed by atoms with Crippen LogP contribution in [0.4, 0.5) is 5.00 Å². The maximum atomic E-state index is 12.7. The van der Waals surface area contributed by atoms with Crippen molar-refractivity contribution in [1.29, 1.82) is 0 Å². The lowest BCUT2D eigenvalue weighted by Crippen LogP contribution is -2.33. The van der Waals surface area contributed by atoms with Crippen LogP contribution in [0.5, 0.6) is 5.75 Å². The van der Waals surface area contributed by atoms with Crippen LogP contribution < -0.4 is 4.72 Å². The molecule has 1 unspecified atom stereocenters. The van der Waals surface area contributed by atoms with E-state index in [0.29, 0.717) is 16.6 Å². The Morgan fingerprint density at radius 1 is 1.25 bits per heavy atom. The molecular formula is C14H18N2O5S3. The maximum Gasteiger partial charge on any atom is 0.216 e. The average Bonchev–Trinajstić information content (AvgIpc) is 2.88. The van der Waals surface area contributed by atoms with Crippen LogP contribution in [-0.4, -0.2) is 47.9 Å². The number of sulfone groups is 1. The minimum Gasteiger partial charge on any atom is -0.755 e. The number of anilines is 1. The number of benzene rings is 1. The van der Waals surface area contributed by atoms with Crippen molar-refractivity contribution in [2.45, 2.75) is 15.6 Å². The van der Waals surface area contributed by atoms with Crippen LogP contribution in [-0.2, 0) is 27.6 Å². The molecule has 0 bridgehead atoms. The fourth-order valence-corrected chi connectivity index (χ4v) is 5.20. The van der Waals surface area contributed by atoms with E-state index >= 15 is 0 Å². The van der Waals surface area contributed by atoms with Gasteiger partial charge in [-0.25, -0.2) is 8.42 Å². The number of quaternary nitrogens is 1. The van der Waals surface area contributed by atoms with Crippen molar-refractivity contribution in [2.24, 2.45) is 0 Å². The topological polar surface area (TPSA) is 107 Å². The first-order valence-corrected chi connectivity index (χ1v) is 10.2. The predicted molar refractivity (Wildman–Crippen MR) is 92.2 cm³/mol. The number of aromatic hydroxyl groups is 1. The molecular weight excluding hydrogens is 372 g/mol. The molecule has 0 spiro atoms. The Morgan fingerprint density at radius 2 is 1.92 bits per heavy atom. The first-order valence-electron chi connectivity index (χ1n) is 6.82. The molecule has 0 saturated carbocycles. The van der Waals surface area contributed by atoms with E-state index in [9.17, 15) is 22.3 Å². The van der Waals surface area contributed by atoms with Crippen molar-refractivity contribution in [1.82, 2.24) is 0 Å². The highest BCUT2D eigenvalue weighted by Crippen LogP contribution is 2.33. The zero-order chi connectivity index (χ0) is 18.1. The Balaban J connectivity index is 2.41. The molecule has 2 N–H and O–H groups in total. The van der Waals surface area contributed by atoms with Gasteiger partial charge in [0.2, 0.25) is 9.84 Å². The minimum atomic E-state index is -3.79. The van der Waals surface area contributed by atoms with Crippen LogP contribution in [0.15, 0.2) is 39.4 Å². The van der Waals surface area contributed by atoms with Gasteiger partial charge in [-0.05, 0) is 30.3 Å². The van der Waals surface area contributed by atoms with Gasteiger partial charge in [0, 0.05) is 16.8 Å². The van der Waals surface area contributed by atoms with Crippen LogP contribution in [0, 0.1) is 0 Å². The normalized spacial score (nSPS) is 13.7. The second-order valence-electron chi connectivity index (χ2n) is 6.20. The van der Waals surface area contributed by atoms with Gasteiger partial charge in [0.05, 0.1) is 26.0 Å². The van der Waals surface area contributed by atoms with Gasteiger partial charge in [-0.15, -0.1) is 11.3 Å². The van der Waals surface area contributed by atoms with Crippen LogP contribution >= 0.6 is 11.3 Å². The van der Waals surface area contributed by atoms with E-state index < -0.39 is 21.1 Å². The number of hydrogen-bond donors (Lipinski definition) is 2. The lowest BCUT2D eigenvalue weighted by Gasteiger charge is -2.24. The van der Waals surface area contributed by atoms with Gasteiger partial charge in [0.15, 0.2) is 0 Å². The number of phenolic OH excluding ortho intramolecular Hbond substituents is 1. The summed E-state index contributed by atoms with van der Waals surface area (Å²) in [4.78, 5) is 0.0559. The zero-order valence-corrected chi connectivity index (χ0v) is 15.8. The van der Waals surface area contributed by atoms with E-state index in [1.54, 1.807) is 0 Å². The fraction of sp³-hybridized carbons (Fsp3) is 0.286. The van der Waals surface area contributed by atoms with Crippen LogP contribution in [0.2, 0.25) is 0 Å². The van der Waals surface area contributed by atoms with E-state index in [4.69, 9.17) is 0 Å². The number of thiophene rings is 1. The Bertz CT molecular complexity index is 869. The SMILES string of the molecule is C[N+](C)(C)Cc1cc(S(=O)(=O)c2ccc(NS(=O)[O-])s2)ccc1O. The molecule has 0 saturated heterocycles. The van der Waals surface area contributed by atoms with Crippen LogP contribution in [0.25, 0.3) is 0 Å². The van der Waals surface area contributed by atoms with Crippen molar-refractivity contribution in [3.8, 4) is 5.75 Å². The molecule has 2 rings (SSSR count). The fourth-order valence-electron chi connectivity index (χ4n) is 2.08. The molecule has 1 aromatic carbocycles. The largest absolute Gasteiger partial charge is 0.755 e. The molecule has 0 fully saturated rings. The molecule has 10 heteroatoms. The van der Waals surface area contributed by atoms with E-state index in [0.717, 1.165) is 11.3 Å². The van der Waals surface area contributed by atoms with Crippen molar-refractivity contribution in [2.75, 3.05) is 25.9 Å². The van der Waals surface area contributed by atoms with Crippen LogP contribution in [0.3, 0.4) is 0 Å². The molecule has 7 nitrogen and oxygen atoms in total. The Morgan fingerprint density at radius 3 is 2.50 bits per heavy atom. The Hall–Kier alpha value is -1.46. The molecule has 1 heterocycles. The van der Waals surface area contributed by atoms with Gasteiger partial charge in [0.1, 0.15) is 21.5 Å². The number of phenols is 1. The van der Waals surface area contributed by atoms with Crippen molar-refractivity contribution in [3.05, 3.63) is 35.9 Å². The van der Waals surface area contributed by atoms with E-state index in [-0.39, 0.29) is 19.9 Å². The first-order chi connectivity index (χ1) is 11.0. The van der Waals surface area contributed by atoms with Crippen LogP contribution in [0.1, 0.15) is 5.56 Å². The summed E-state index contributed by atoms with van der Waals surface area (Å²) < 4.78 is 49.3. The molecule has 132 valence electrons. The first kappa shape index (κ1) is 18.9. The standard InChI is InChI=1S/C14H18N2O5S3/c1-16(2,3)9-10-8-11(4-5-12(10)17)24(20,21)14-7-6-13(22-14)15-23(18)19/h4-8,15H,9H2,1-3H3,(H-,17,18,19). The molecule has 0 aliphatic heterocycles. The third-order valence-electron chi connectivity index (χ3n) is 3.04. The smallest absolute Gasteiger partial charge is 0.216 e. The summed E-state index contributed by atoms with van der Waals surface area (Å²) >= 11 is -1.68. The molecule has 2 aromatic rings. The van der Waals surface area contributed by atoms with Gasteiger partial charge in [-0.1, -0.05) is 0 Å². The van der Waals surface area contributed by atoms with Gasteiger partial charge in [0.25, 0.3) is 0 Å². The average molecular weight is 391 g/mol. The Labute approximate surface area is 147 Å². The molecule has 24 heavy (non-hydrogen) atoms. The molecule has 0 radical (unpaired) electrons. The number of hydrogen-bond acceptors (Lipinski definition) is 6. The van der Waals surface area contributed by atoms with Crippen molar-refractivity contribution < 1.29 is 26.8 Å². The van der Waals surface area contributed by atoms with Crippen molar-refractivity contribution >= 4 is 37.4 Å². The summed E-state index contributed by atoms with van der Waals surface area (Å²) in [5, 5.41) is 10.2. The summed E-state index contributed by atoms with van der Waals surface area (Å²) in [6.45, 7) is 0.460. The van der Waals surface area contributed by atoms with Gasteiger partial charge in [-0.2, -0.15) is 0 Å². The number of rotatable bonds is 6. The number of nitrogens with one attached hydrogen (secondary N) is 1. The van der Waals surface area contributed by atoms with E-state index in [1.807, 2.05) is 21.1 Å². The Kier molecular flexibility index (Phi) is 5.35. The second kappa shape index (κ2) is 6.81. The maximum absolute atomic E-state index is 12.7. The molecule has 1 atom stereocenters. The summed E-state index contributed by atoms with van der Waals surface area (Å²) in [5.74, 6) is 0.0392. The third kappa shape index (κ3) is 4.54. The van der Waals surface area contributed by atoms with Crippen molar-refractivity contribution in [3.63, 3.8) is 0 Å². The molecule has 0 aliphatic rings. The van der Waals surface area contributed by atoms with E-state index in [1.165, 1.54) is 30.3 Å². The highest BCUT2D eigenvalue weighted by atomic mass is 32.2. The highest BCUT2D eigenvalue weighted by molar-refractivity contribution is 7.93. The lowest BCUT2D eigenvalue weighted by molar-refractivity contribution is -0.884. The monoisotopic (exact) mass is 390 g/mol. The molecule has 1 aromatic heterocycles. The highest BCUT2D eigenvalue weighted by Gasteiger charge is 2.23. The number of nitrogens with zero attached hydrogens (tertiary/aromatic N) is 1. The zero-order valence-electron chi connectivity index (χ0n) is 13.3. The summed E-state index contributed by atoms with van der Waals surface area (Å²) in [7, 11) is 2.00.